The number of aromatic nitrogens is 3. The molecule has 19 heavy (non-hydrogen) atoms. The van der Waals surface area contributed by atoms with Gasteiger partial charge >= 0.3 is 0 Å². The molecule has 0 saturated carbocycles. The molecule has 0 atom stereocenters. The van der Waals surface area contributed by atoms with E-state index >= 15 is 0 Å². The lowest BCUT2D eigenvalue weighted by atomic mass is 10.6. The van der Waals surface area contributed by atoms with Crippen molar-refractivity contribution < 1.29 is 8.42 Å². The lowest BCUT2D eigenvalue weighted by molar-refractivity contribution is 0.520. The van der Waals surface area contributed by atoms with Crippen molar-refractivity contribution in [3.63, 3.8) is 0 Å². The van der Waals surface area contributed by atoms with E-state index in [2.05, 4.69) is 15.5 Å². The van der Waals surface area contributed by atoms with E-state index in [1.54, 1.807) is 14.1 Å². The summed E-state index contributed by atoms with van der Waals surface area (Å²) in [5, 5.41) is 12.0. The van der Waals surface area contributed by atoms with Crippen LogP contribution < -0.4 is 5.32 Å². The Kier molecular flexibility index (Phi) is 6.24. The molecule has 1 aromatic heterocycles. The third kappa shape index (κ3) is 4.75. The Bertz CT molecular complexity index is 498. The lowest BCUT2D eigenvalue weighted by Gasteiger charge is -2.10. The van der Waals surface area contributed by atoms with Gasteiger partial charge in [-0.3, -0.25) is 0 Å². The van der Waals surface area contributed by atoms with Crippen LogP contribution in [0.2, 0.25) is 0 Å². The van der Waals surface area contributed by atoms with Crippen LogP contribution in [0.1, 0.15) is 12.2 Å². The van der Waals surface area contributed by atoms with Gasteiger partial charge in [-0.05, 0) is 13.5 Å². The molecule has 0 aliphatic rings. The molecule has 0 fully saturated rings. The third-order valence-corrected chi connectivity index (χ3v) is 5.62. The van der Waals surface area contributed by atoms with E-state index in [4.69, 9.17) is 0 Å². The first-order chi connectivity index (χ1) is 8.88. The molecule has 0 aliphatic heterocycles. The van der Waals surface area contributed by atoms with Gasteiger partial charge in [0.25, 0.3) is 0 Å². The first-order valence-corrected chi connectivity index (χ1v) is 8.54. The maximum absolute atomic E-state index is 11.6. The topological polar surface area (TPSA) is 80.1 Å². The molecule has 0 aromatic carbocycles. The minimum Gasteiger partial charge on any atom is -0.313 e. The average Bonchev–Trinajstić information content (AvgIpc) is 2.67. The molecule has 1 aromatic rings. The maximum atomic E-state index is 11.6. The Labute approximate surface area is 118 Å². The summed E-state index contributed by atoms with van der Waals surface area (Å²) in [6.45, 7) is 0.666. The lowest BCUT2D eigenvalue weighted by Crippen LogP contribution is -2.25. The van der Waals surface area contributed by atoms with Gasteiger partial charge < -0.3 is 9.88 Å². The van der Waals surface area contributed by atoms with E-state index in [-0.39, 0.29) is 5.75 Å². The van der Waals surface area contributed by atoms with Crippen molar-refractivity contribution in [2.24, 2.45) is 7.05 Å². The number of hydrogen-bond acceptors (Lipinski definition) is 6. The number of thioether (sulfide) groups is 1. The van der Waals surface area contributed by atoms with Crippen molar-refractivity contribution >= 4 is 21.8 Å². The second-order valence-electron chi connectivity index (χ2n) is 4.29. The normalized spacial score (nSPS) is 12.3. The van der Waals surface area contributed by atoms with Crippen LogP contribution in [0, 0.1) is 0 Å². The molecule has 1 heterocycles. The maximum Gasteiger partial charge on any atom is 0.213 e. The highest BCUT2D eigenvalue weighted by Gasteiger charge is 2.13. The van der Waals surface area contributed by atoms with E-state index in [0.29, 0.717) is 18.7 Å². The number of sulfonamides is 1. The van der Waals surface area contributed by atoms with Gasteiger partial charge in [-0.15, -0.1) is 10.2 Å². The molecule has 0 bridgehead atoms. The fraction of sp³-hybridized carbons (Fsp3) is 0.800. The van der Waals surface area contributed by atoms with Crippen LogP contribution >= 0.6 is 11.8 Å². The van der Waals surface area contributed by atoms with Gasteiger partial charge in [0.1, 0.15) is 5.82 Å². The van der Waals surface area contributed by atoms with Crippen LogP contribution in [0.25, 0.3) is 0 Å². The van der Waals surface area contributed by atoms with Gasteiger partial charge in [-0.25, -0.2) is 12.7 Å². The number of nitrogens with one attached hydrogen (secondary N) is 1. The summed E-state index contributed by atoms with van der Waals surface area (Å²) >= 11 is 1.52. The van der Waals surface area contributed by atoms with E-state index in [1.165, 1.54) is 16.1 Å². The first-order valence-electron chi connectivity index (χ1n) is 5.94. The fourth-order valence-corrected chi connectivity index (χ4v) is 3.30. The molecule has 1 rings (SSSR count). The van der Waals surface area contributed by atoms with Gasteiger partial charge in [0.05, 0.1) is 12.3 Å². The van der Waals surface area contributed by atoms with Crippen molar-refractivity contribution in [2.45, 2.75) is 18.1 Å². The van der Waals surface area contributed by atoms with E-state index in [9.17, 15) is 8.42 Å². The van der Waals surface area contributed by atoms with Crippen molar-refractivity contribution in [3.05, 3.63) is 5.82 Å². The Morgan fingerprint density at radius 1 is 1.37 bits per heavy atom. The largest absolute Gasteiger partial charge is 0.313 e. The minimum absolute atomic E-state index is 0.161. The quantitative estimate of drug-likeness (QED) is 0.534. The van der Waals surface area contributed by atoms with E-state index < -0.39 is 10.0 Å². The highest BCUT2D eigenvalue weighted by molar-refractivity contribution is 7.99. The van der Waals surface area contributed by atoms with Gasteiger partial charge in [-0.2, -0.15) is 0 Å². The Hall–Kier alpha value is -0.640. The van der Waals surface area contributed by atoms with Gasteiger partial charge in [-0.1, -0.05) is 11.8 Å². The minimum atomic E-state index is -3.10. The first kappa shape index (κ1) is 16.4. The Balaban J connectivity index is 2.42. The highest BCUT2D eigenvalue weighted by Crippen LogP contribution is 2.17. The SMILES string of the molecule is CNCc1nnc(SCCCS(=O)(=O)N(C)C)n1C. The number of rotatable bonds is 8. The fourth-order valence-electron chi connectivity index (χ4n) is 1.37. The Morgan fingerprint density at radius 2 is 2.05 bits per heavy atom. The standard InChI is InChI=1S/C10H21N5O2S2/c1-11-8-9-12-13-10(15(9)4)18-6-5-7-19(16,17)14(2)3/h11H,5-8H2,1-4H3. The summed E-state index contributed by atoms with van der Waals surface area (Å²) in [6, 6.07) is 0. The second-order valence-corrected chi connectivity index (χ2v) is 7.65. The smallest absolute Gasteiger partial charge is 0.213 e. The monoisotopic (exact) mass is 307 g/mol. The molecule has 9 heteroatoms. The summed E-state index contributed by atoms with van der Waals surface area (Å²) in [5.74, 6) is 1.73. The summed E-state index contributed by atoms with van der Waals surface area (Å²) in [5.41, 5.74) is 0. The van der Waals surface area contributed by atoms with Crippen molar-refractivity contribution in [1.29, 1.82) is 0 Å². The Morgan fingerprint density at radius 3 is 2.63 bits per heavy atom. The zero-order valence-corrected chi connectivity index (χ0v) is 13.4. The van der Waals surface area contributed by atoms with E-state index in [0.717, 1.165) is 11.0 Å². The predicted octanol–water partition coefficient (Wildman–Crippen LogP) is -0.0919. The molecule has 0 aliphatic carbocycles. The molecule has 110 valence electrons. The zero-order chi connectivity index (χ0) is 14.5. The molecule has 1 N–H and O–H groups in total. The molecule has 0 saturated heterocycles. The predicted molar refractivity (Wildman–Crippen MR) is 76.6 cm³/mol. The summed E-state index contributed by atoms with van der Waals surface area (Å²) < 4.78 is 26.3. The highest BCUT2D eigenvalue weighted by atomic mass is 32.2. The van der Waals surface area contributed by atoms with Crippen LogP contribution in [0.3, 0.4) is 0 Å². The van der Waals surface area contributed by atoms with Crippen molar-refractivity contribution in [2.75, 3.05) is 32.6 Å². The molecule has 0 radical (unpaired) electrons. The molecule has 7 nitrogen and oxygen atoms in total. The van der Waals surface area contributed by atoms with Crippen molar-refractivity contribution in [1.82, 2.24) is 24.4 Å². The van der Waals surface area contributed by atoms with Crippen LogP contribution in [-0.4, -0.2) is 60.1 Å². The van der Waals surface area contributed by atoms with Crippen molar-refractivity contribution in [3.8, 4) is 0 Å². The molecular formula is C10H21N5O2S2. The third-order valence-electron chi connectivity index (χ3n) is 2.59. The van der Waals surface area contributed by atoms with Crippen LogP contribution in [0.15, 0.2) is 5.16 Å². The number of nitrogens with zero attached hydrogens (tertiary/aromatic N) is 4. The summed E-state index contributed by atoms with van der Waals surface area (Å²) in [7, 11) is 3.77. The molecule has 0 spiro atoms. The van der Waals surface area contributed by atoms with E-state index in [1.807, 2.05) is 18.7 Å². The van der Waals surface area contributed by atoms with Crippen LogP contribution in [0.5, 0.6) is 0 Å². The molecule has 0 unspecified atom stereocenters. The molecule has 0 amide bonds. The van der Waals surface area contributed by atoms with Gasteiger partial charge in [0.15, 0.2) is 5.16 Å². The van der Waals surface area contributed by atoms with Crippen LogP contribution in [-0.2, 0) is 23.6 Å². The molecular weight excluding hydrogens is 286 g/mol. The average molecular weight is 307 g/mol. The summed E-state index contributed by atoms with van der Waals surface area (Å²) in [4.78, 5) is 0. The second kappa shape index (κ2) is 7.22. The van der Waals surface area contributed by atoms with Gasteiger partial charge in [0.2, 0.25) is 10.0 Å². The zero-order valence-electron chi connectivity index (χ0n) is 11.8. The number of hydrogen-bond donors (Lipinski definition) is 1. The van der Waals surface area contributed by atoms with Gasteiger partial charge in [0, 0.05) is 26.9 Å². The van der Waals surface area contributed by atoms with Crippen LogP contribution in [0.4, 0.5) is 0 Å². The summed E-state index contributed by atoms with van der Waals surface area (Å²) in [6.07, 6.45) is 0.597.